The Bertz CT molecular complexity index is 696. The summed E-state index contributed by atoms with van der Waals surface area (Å²) in [6, 6.07) is 15.1. The Labute approximate surface area is 148 Å². The van der Waals surface area contributed by atoms with Crippen LogP contribution in [0.5, 0.6) is 11.5 Å². The maximum absolute atomic E-state index is 11.7. The van der Waals surface area contributed by atoms with Gasteiger partial charge in [-0.3, -0.25) is 4.79 Å². The molecule has 0 atom stereocenters. The van der Waals surface area contributed by atoms with Crippen molar-refractivity contribution in [1.82, 2.24) is 5.43 Å². The fraction of sp³-hybridized carbons (Fsp3) is 0.300. The van der Waals surface area contributed by atoms with Crippen LogP contribution < -0.4 is 14.9 Å². The van der Waals surface area contributed by atoms with Gasteiger partial charge in [-0.2, -0.15) is 5.10 Å². The number of para-hydroxylation sites is 1. The smallest absolute Gasteiger partial charge is 0.277 e. The fourth-order valence-electron chi connectivity index (χ4n) is 2.06. The van der Waals surface area contributed by atoms with Crippen LogP contribution >= 0.6 is 0 Å². The van der Waals surface area contributed by atoms with Gasteiger partial charge in [-0.05, 0) is 54.8 Å². The summed E-state index contributed by atoms with van der Waals surface area (Å²) in [4.78, 5) is 11.7. The SMILES string of the molecule is CCCCOc1ccc(C=NNC(=O)COc2ccccc2C)cc1. The minimum absolute atomic E-state index is 0.0770. The van der Waals surface area contributed by atoms with Crippen LogP contribution in [0.15, 0.2) is 53.6 Å². The number of carbonyl (C=O) groups is 1. The first-order valence-electron chi connectivity index (χ1n) is 8.42. The molecule has 5 nitrogen and oxygen atoms in total. The summed E-state index contributed by atoms with van der Waals surface area (Å²) in [5.41, 5.74) is 4.32. The van der Waals surface area contributed by atoms with Crippen LogP contribution in [0, 0.1) is 6.92 Å². The molecule has 0 radical (unpaired) electrons. The number of rotatable bonds is 9. The molecule has 0 fully saturated rings. The lowest BCUT2D eigenvalue weighted by Crippen LogP contribution is -2.24. The number of amides is 1. The fourth-order valence-corrected chi connectivity index (χ4v) is 2.06. The van der Waals surface area contributed by atoms with Gasteiger partial charge in [0.15, 0.2) is 6.61 Å². The maximum atomic E-state index is 11.7. The predicted molar refractivity (Wildman–Crippen MR) is 99.3 cm³/mol. The Morgan fingerprint density at radius 2 is 1.88 bits per heavy atom. The molecule has 0 aromatic heterocycles. The number of hydrogen-bond donors (Lipinski definition) is 1. The Morgan fingerprint density at radius 1 is 1.12 bits per heavy atom. The number of nitrogens with one attached hydrogen (secondary N) is 1. The zero-order valence-corrected chi connectivity index (χ0v) is 14.7. The molecular formula is C20H24N2O3. The van der Waals surface area contributed by atoms with Crippen molar-refractivity contribution in [2.75, 3.05) is 13.2 Å². The van der Waals surface area contributed by atoms with Crippen LogP contribution in [-0.2, 0) is 4.79 Å². The highest BCUT2D eigenvalue weighted by molar-refractivity contribution is 5.83. The molecule has 0 saturated heterocycles. The number of nitrogens with zero attached hydrogens (tertiary/aromatic N) is 1. The number of hydrogen-bond acceptors (Lipinski definition) is 4. The van der Waals surface area contributed by atoms with E-state index >= 15 is 0 Å². The van der Waals surface area contributed by atoms with Gasteiger partial charge in [-0.1, -0.05) is 31.5 Å². The van der Waals surface area contributed by atoms with E-state index in [4.69, 9.17) is 9.47 Å². The molecule has 132 valence electrons. The van der Waals surface area contributed by atoms with Crippen molar-refractivity contribution in [3.63, 3.8) is 0 Å². The molecule has 1 N–H and O–H groups in total. The zero-order chi connectivity index (χ0) is 17.9. The van der Waals surface area contributed by atoms with Crippen molar-refractivity contribution in [3.05, 3.63) is 59.7 Å². The molecule has 0 aliphatic carbocycles. The molecule has 0 heterocycles. The van der Waals surface area contributed by atoms with Gasteiger partial charge in [0.2, 0.25) is 0 Å². The first-order valence-corrected chi connectivity index (χ1v) is 8.42. The largest absolute Gasteiger partial charge is 0.494 e. The lowest BCUT2D eigenvalue weighted by Gasteiger charge is -2.07. The van der Waals surface area contributed by atoms with E-state index in [1.165, 1.54) is 0 Å². The number of unbranched alkanes of at least 4 members (excludes halogenated alkanes) is 1. The summed E-state index contributed by atoms with van der Waals surface area (Å²) >= 11 is 0. The van der Waals surface area contributed by atoms with Crippen molar-refractivity contribution in [1.29, 1.82) is 0 Å². The second-order valence-corrected chi connectivity index (χ2v) is 5.62. The number of carbonyl (C=O) groups excluding carboxylic acids is 1. The molecule has 25 heavy (non-hydrogen) atoms. The van der Waals surface area contributed by atoms with Crippen LogP contribution in [0.4, 0.5) is 0 Å². The number of aryl methyl sites for hydroxylation is 1. The summed E-state index contributed by atoms with van der Waals surface area (Å²) in [6.45, 7) is 4.71. The van der Waals surface area contributed by atoms with Gasteiger partial charge in [0.1, 0.15) is 11.5 Å². The summed E-state index contributed by atoms with van der Waals surface area (Å²) < 4.78 is 11.1. The minimum Gasteiger partial charge on any atom is -0.494 e. The Kier molecular flexibility index (Phi) is 7.50. The maximum Gasteiger partial charge on any atom is 0.277 e. The molecule has 0 bridgehead atoms. The topological polar surface area (TPSA) is 59.9 Å². The molecule has 2 aromatic carbocycles. The average molecular weight is 340 g/mol. The van der Waals surface area contributed by atoms with Gasteiger partial charge in [-0.15, -0.1) is 0 Å². The van der Waals surface area contributed by atoms with Gasteiger partial charge in [0.05, 0.1) is 12.8 Å². The van der Waals surface area contributed by atoms with E-state index in [0.29, 0.717) is 5.75 Å². The lowest BCUT2D eigenvalue weighted by molar-refractivity contribution is -0.123. The molecule has 0 spiro atoms. The lowest BCUT2D eigenvalue weighted by atomic mass is 10.2. The Balaban J connectivity index is 1.74. The third-order valence-electron chi connectivity index (χ3n) is 3.50. The predicted octanol–water partition coefficient (Wildman–Crippen LogP) is 3.70. The van der Waals surface area contributed by atoms with E-state index in [1.54, 1.807) is 6.21 Å². The van der Waals surface area contributed by atoms with Gasteiger partial charge in [-0.25, -0.2) is 5.43 Å². The van der Waals surface area contributed by atoms with Gasteiger partial charge in [0, 0.05) is 0 Å². The van der Waals surface area contributed by atoms with Crippen LogP contribution in [0.2, 0.25) is 0 Å². The number of benzene rings is 2. The Hall–Kier alpha value is -2.82. The number of ether oxygens (including phenoxy) is 2. The highest BCUT2D eigenvalue weighted by Gasteiger charge is 2.03. The third kappa shape index (κ3) is 6.67. The van der Waals surface area contributed by atoms with Gasteiger partial charge >= 0.3 is 0 Å². The molecule has 0 saturated carbocycles. The zero-order valence-electron chi connectivity index (χ0n) is 14.7. The first-order chi connectivity index (χ1) is 12.2. The highest BCUT2D eigenvalue weighted by Crippen LogP contribution is 2.15. The van der Waals surface area contributed by atoms with E-state index in [9.17, 15) is 4.79 Å². The number of hydrazone groups is 1. The summed E-state index contributed by atoms with van der Waals surface area (Å²) in [5, 5.41) is 3.94. The van der Waals surface area contributed by atoms with E-state index in [2.05, 4.69) is 17.5 Å². The monoisotopic (exact) mass is 340 g/mol. The van der Waals surface area contributed by atoms with E-state index in [1.807, 2.05) is 55.5 Å². The molecular weight excluding hydrogens is 316 g/mol. The average Bonchev–Trinajstić information content (AvgIpc) is 2.62. The van der Waals surface area contributed by atoms with Crippen LogP contribution in [0.25, 0.3) is 0 Å². The molecule has 1 amide bonds. The first kappa shape index (κ1) is 18.5. The summed E-state index contributed by atoms with van der Waals surface area (Å²) in [6.07, 6.45) is 3.74. The van der Waals surface area contributed by atoms with Crippen LogP contribution in [-0.4, -0.2) is 25.3 Å². The van der Waals surface area contributed by atoms with Crippen molar-refractivity contribution in [3.8, 4) is 11.5 Å². The van der Waals surface area contributed by atoms with Crippen molar-refractivity contribution < 1.29 is 14.3 Å². The standard InChI is InChI=1S/C20H24N2O3/c1-3-4-13-24-18-11-9-17(10-12-18)14-21-22-20(23)15-25-19-8-6-5-7-16(19)2/h5-12,14H,3-4,13,15H2,1-2H3,(H,22,23). The quantitative estimate of drug-likeness (QED) is 0.430. The second-order valence-electron chi connectivity index (χ2n) is 5.62. The van der Waals surface area contributed by atoms with E-state index in [0.717, 1.165) is 36.3 Å². The molecule has 2 rings (SSSR count). The Morgan fingerprint density at radius 3 is 2.60 bits per heavy atom. The minimum atomic E-state index is -0.306. The van der Waals surface area contributed by atoms with Crippen LogP contribution in [0.1, 0.15) is 30.9 Å². The normalized spacial score (nSPS) is 10.6. The molecule has 0 aliphatic heterocycles. The summed E-state index contributed by atoms with van der Waals surface area (Å²) in [7, 11) is 0. The van der Waals surface area contributed by atoms with Crippen molar-refractivity contribution >= 4 is 12.1 Å². The highest BCUT2D eigenvalue weighted by atomic mass is 16.5. The van der Waals surface area contributed by atoms with Crippen molar-refractivity contribution in [2.24, 2.45) is 5.10 Å². The molecule has 2 aromatic rings. The second kappa shape index (κ2) is 10.1. The third-order valence-corrected chi connectivity index (χ3v) is 3.50. The summed E-state index contributed by atoms with van der Waals surface area (Å²) in [5.74, 6) is 1.22. The van der Waals surface area contributed by atoms with E-state index in [-0.39, 0.29) is 12.5 Å². The molecule has 5 heteroatoms. The van der Waals surface area contributed by atoms with Gasteiger partial charge < -0.3 is 9.47 Å². The molecule has 0 aliphatic rings. The van der Waals surface area contributed by atoms with Crippen molar-refractivity contribution in [2.45, 2.75) is 26.7 Å². The molecule has 0 unspecified atom stereocenters. The van der Waals surface area contributed by atoms with Crippen LogP contribution in [0.3, 0.4) is 0 Å². The van der Waals surface area contributed by atoms with E-state index < -0.39 is 0 Å². The van der Waals surface area contributed by atoms with Gasteiger partial charge in [0.25, 0.3) is 5.91 Å².